The summed E-state index contributed by atoms with van der Waals surface area (Å²) in [7, 11) is 1.83. The molecule has 5 N–H and O–H groups in total. The maximum absolute atomic E-state index is 11.9. The van der Waals surface area contributed by atoms with Gasteiger partial charge in [0.15, 0.2) is 0 Å². The predicted octanol–water partition coefficient (Wildman–Crippen LogP) is 4.74. The molecule has 0 bridgehead atoms. The van der Waals surface area contributed by atoms with Crippen LogP contribution in [0.1, 0.15) is 61.6 Å². The first-order valence-electron chi connectivity index (χ1n) is 14.4. The number of halogens is 1. The summed E-state index contributed by atoms with van der Waals surface area (Å²) in [5.74, 6) is 0.0617. The first-order chi connectivity index (χ1) is 19.5. The fourth-order valence-corrected chi connectivity index (χ4v) is 4.60. The molecule has 40 heavy (non-hydrogen) atoms. The number of carbonyl (C=O) groups excluding carboxylic acids is 2. The molecule has 0 aromatic heterocycles. The average Bonchev–Trinajstić information content (AvgIpc) is 3.74. The van der Waals surface area contributed by atoms with Crippen molar-refractivity contribution in [3.63, 3.8) is 0 Å². The van der Waals surface area contributed by atoms with Crippen LogP contribution < -0.4 is 21.3 Å². The lowest BCUT2D eigenvalue weighted by Crippen LogP contribution is -2.40. The van der Waals surface area contributed by atoms with Crippen LogP contribution in [0.25, 0.3) is 0 Å². The number of likely N-dealkylation sites (tertiary alicyclic amines) is 1. The number of carbonyl (C=O) groups is 2. The summed E-state index contributed by atoms with van der Waals surface area (Å²) >= 11 is 5.61. The summed E-state index contributed by atoms with van der Waals surface area (Å²) in [6.07, 6.45) is 10.8. The minimum Gasteiger partial charge on any atom is -0.388 e. The third-order valence-corrected chi connectivity index (χ3v) is 7.14. The van der Waals surface area contributed by atoms with Gasteiger partial charge < -0.3 is 31.6 Å². The van der Waals surface area contributed by atoms with Crippen LogP contribution in [0, 0.1) is 12.3 Å². The van der Waals surface area contributed by atoms with Crippen LogP contribution in [0.3, 0.4) is 0 Å². The number of benzene rings is 2. The van der Waals surface area contributed by atoms with E-state index in [0.717, 1.165) is 60.7 Å². The van der Waals surface area contributed by atoms with Crippen molar-refractivity contribution >= 4 is 35.8 Å². The summed E-state index contributed by atoms with van der Waals surface area (Å²) in [6.45, 7) is 7.91. The largest absolute Gasteiger partial charge is 0.388 e. The number of rotatable bonds is 6. The highest BCUT2D eigenvalue weighted by Gasteiger charge is 2.21. The Morgan fingerprint density at radius 3 is 2.17 bits per heavy atom. The number of anilines is 1. The maximum atomic E-state index is 11.9. The second kappa shape index (κ2) is 20.0. The van der Waals surface area contributed by atoms with Gasteiger partial charge in [-0.3, -0.25) is 9.59 Å². The number of piperidine rings is 1. The summed E-state index contributed by atoms with van der Waals surface area (Å²) in [6, 6.07) is 13.5. The zero-order valence-electron chi connectivity index (χ0n) is 24.1. The molecule has 2 aromatic carbocycles. The molecular formula is C31H47ClN6O2. The van der Waals surface area contributed by atoms with Crippen molar-refractivity contribution in [3.8, 4) is 0 Å². The molecule has 0 aliphatic carbocycles. The van der Waals surface area contributed by atoms with E-state index in [9.17, 15) is 9.59 Å². The predicted molar refractivity (Wildman–Crippen MR) is 167 cm³/mol. The van der Waals surface area contributed by atoms with Gasteiger partial charge in [-0.1, -0.05) is 41.8 Å². The van der Waals surface area contributed by atoms with E-state index in [4.69, 9.17) is 17.0 Å². The van der Waals surface area contributed by atoms with Crippen LogP contribution >= 0.6 is 11.6 Å². The number of hydrogen-bond acceptors (Lipinski definition) is 6. The van der Waals surface area contributed by atoms with Crippen LogP contribution in [0.5, 0.6) is 0 Å². The smallest absolute Gasteiger partial charge is 0.237 e. The van der Waals surface area contributed by atoms with Gasteiger partial charge in [0, 0.05) is 49.2 Å². The normalized spacial score (nSPS) is 17.6. The molecule has 0 spiro atoms. The van der Waals surface area contributed by atoms with E-state index in [2.05, 4.69) is 21.3 Å². The second-order valence-corrected chi connectivity index (χ2v) is 10.6. The molecule has 0 saturated carbocycles. The first-order valence-corrected chi connectivity index (χ1v) is 14.8. The molecule has 0 radical (unpaired) electrons. The number of nitrogens with one attached hydrogen (secondary N) is 5. The Hall–Kier alpha value is -2.94. The Kier molecular flexibility index (Phi) is 16.6. The fraction of sp³-hybridized carbons (Fsp3) is 0.516. The van der Waals surface area contributed by atoms with Crippen LogP contribution in [-0.2, 0) is 16.1 Å². The molecule has 5 rings (SSSR count). The lowest BCUT2D eigenvalue weighted by atomic mass is 10.1. The van der Waals surface area contributed by atoms with Gasteiger partial charge in [0.05, 0.1) is 6.04 Å². The Labute approximate surface area is 245 Å². The van der Waals surface area contributed by atoms with E-state index in [1.165, 1.54) is 57.0 Å². The van der Waals surface area contributed by atoms with E-state index < -0.39 is 0 Å². The molecule has 1 unspecified atom stereocenters. The lowest BCUT2D eigenvalue weighted by Gasteiger charge is -2.12. The van der Waals surface area contributed by atoms with Gasteiger partial charge in [0.25, 0.3) is 0 Å². The van der Waals surface area contributed by atoms with Gasteiger partial charge >= 0.3 is 0 Å². The highest BCUT2D eigenvalue weighted by atomic mass is 35.5. The standard InChI is InChI=1S/C14H20N4O.C7H7Cl.C5H9NO.C5H11N/c1-16-12-5-4-10(7-11(12)8-15)9-18-14(19)13-3-2-6-17-13;1-6-2-4-7(8)5-3-6;7-5-6-3-1-2-4-6;1-2-4-6-5-3-1/h4-5,7-8,13,15-17H,2-3,6,9H2,1H3,(H,18,19);2-5H,1H3;5H,1-4H2;6H,1-5H2. The minimum atomic E-state index is -0.0428. The third kappa shape index (κ3) is 13.4. The van der Waals surface area contributed by atoms with E-state index in [1.54, 1.807) is 4.90 Å². The zero-order chi connectivity index (χ0) is 29.0. The average molecular weight is 571 g/mol. The van der Waals surface area contributed by atoms with Crippen molar-refractivity contribution in [1.29, 1.82) is 5.41 Å². The van der Waals surface area contributed by atoms with Crippen molar-refractivity contribution in [2.45, 2.75) is 64.5 Å². The van der Waals surface area contributed by atoms with Crippen molar-refractivity contribution in [3.05, 3.63) is 64.2 Å². The van der Waals surface area contributed by atoms with Gasteiger partial charge in [-0.05, 0) is 94.9 Å². The van der Waals surface area contributed by atoms with E-state index in [-0.39, 0.29) is 11.9 Å². The SMILES string of the molecule is C1CCNCC1.CNc1ccc(CNC(=O)C2CCCN2)cc1C=N.Cc1ccc(Cl)cc1.O=CN1CCCC1. The Balaban J connectivity index is 0.000000217. The topological polar surface area (TPSA) is 109 Å². The molecule has 3 fully saturated rings. The van der Waals surface area contributed by atoms with Crippen molar-refractivity contribution in [2.24, 2.45) is 0 Å². The Morgan fingerprint density at radius 2 is 1.73 bits per heavy atom. The van der Waals surface area contributed by atoms with Crippen molar-refractivity contribution < 1.29 is 9.59 Å². The molecule has 3 aliphatic rings. The Morgan fingerprint density at radius 1 is 1.02 bits per heavy atom. The molecule has 9 heteroatoms. The van der Waals surface area contributed by atoms with Crippen molar-refractivity contribution in [1.82, 2.24) is 20.9 Å². The molecule has 220 valence electrons. The van der Waals surface area contributed by atoms with Crippen LogP contribution in [0.2, 0.25) is 5.02 Å². The molecular weight excluding hydrogens is 524 g/mol. The minimum absolute atomic E-state index is 0.0428. The molecule has 3 saturated heterocycles. The number of aryl methyl sites for hydroxylation is 1. The Bertz CT molecular complexity index is 969. The first kappa shape index (κ1) is 33.3. The van der Waals surface area contributed by atoms with E-state index >= 15 is 0 Å². The van der Waals surface area contributed by atoms with Gasteiger partial charge in [0.1, 0.15) is 0 Å². The summed E-state index contributed by atoms with van der Waals surface area (Å²) in [4.78, 5) is 23.6. The summed E-state index contributed by atoms with van der Waals surface area (Å²) in [5.41, 5.74) is 3.99. The summed E-state index contributed by atoms with van der Waals surface area (Å²) < 4.78 is 0. The quantitative estimate of drug-likeness (QED) is 0.254. The number of amides is 2. The van der Waals surface area contributed by atoms with Crippen LogP contribution in [0.4, 0.5) is 5.69 Å². The molecule has 2 aromatic rings. The van der Waals surface area contributed by atoms with Gasteiger partial charge in [-0.15, -0.1) is 0 Å². The highest BCUT2D eigenvalue weighted by Crippen LogP contribution is 2.15. The zero-order valence-corrected chi connectivity index (χ0v) is 24.9. The molecule has 3 heterocycles. The third-order valence-electron chi connectivity index (χ3n) is 6.89. The van der Waals surface area contributed by atoms with Crippen LogP contribution in [0.15, 0.2) is 42.5 Å². The van der Waals surface area contributed by atoms with Gasteiger partial charge in [-0.25, -0.2) is 0 Å². The number of hydrogen-bond donors (Lipinski definition) is 5. The second-order valence-electron chi connectivity index (χ2n) is 10.1. The van der Waals surface area contributed by atoms with E-state index in [1.807, 2.05) is 56.4 Å². The molecule has 3 aliphatic heterocycles. The molecule has 1 atom stereocenters. The monoisotopic (exact) mass is 570 g/mol. The van der Waals surface area contributed by atoms with Gasteiger partial charge in [0.2, 0.25) is 12.3 Å². The highest BCUT2D eigenvalue weighted by molar-refractivity contribution is 6.30. The molecule has 2 amide bonds. The number of nitrogens with zero attached hydrogens (tertiary/aromatic N) is 1. The van der Waals surface area contributed by atoms with Gasteiger partial charge in [-0.2, -0.15) is 0 Å². The van der Waals surface area contributed by atoms with Crippen molar-refractivity contribution in [2.75, 3.05) is 45.1 Å². The molecule has 8 nitrogen and oxygen atoms in total. The fourth-order valence-electron chi connectivity index (χ4n) is 4.47. The lowest BCUT2D eigenvalue weighted by molar-refractivity contribution is -0.123. The maximum Gasteiger partial charge on any atom is 0.237 e. The summed E-state index contributed by atoms with van der Waals surface area (Å²) in [5, 5.41) is 20.6. The van der Waals surface area contributed by atoms with Crippen LogP contribution in [-0.4, -0.2) is 69.2 Å². The van der Waals surface area contributed by atoms with E-state index in [0.29, 0.717) is 6.54 Å².